The molecule has 1 fully saturated rings. The molecule has 1 aromatic carbocycles. The van der Waals surface area contributed by atoms with Crippen LogP contribution >= 0.6 is 15.9 Å². The summed E-state index contributed by atoms with van der Waals surface area (Å²) in [6, 6.07) is 8.99. The fourth-order valence-electron chi connectivity index (χ4n) is 3.73. The van der Waals surface area contributed by atoms with E-state index in [1.165, 1.54) is 0 Å². The third-order valence-corrected chi connectivity index (χ3v) is 5.44. The number of aryl methyl sites for hydroxylation is 2. The Morgan fingerprint density at radius 1 is 1.22 bits per heavy atom. The van der Waals surface area contributed by atoms with Gasteiger partial charge >= 0.3 is 0 Å². The highest BCUT2D eigenvalue weighted by molar-refractivity contribution is 9.10. The van der Waals surface area contributed by atoms with Gasteiger partial charge in [0, 0.05) is 29.6 Å². The molecule has 5 nitrogen and oxygen atoms in total. The predicted octanol–water partition coefficient (Wildman–Crippen LogP) is 3.52. The van der Waals surface area contributed by atoms with Crippen LogP contribution in [0.3, 0.4) is 0 Å². The molecule has 2 aromatic rings. The largest absolute Gasteiger partial charge is 0.351 e. The smallest absolute Gasteiger partial charge is 0.269 e. The summed E-state index contributed by atoms with van der Waals surface area (Å²) < 4.78 is 0.938. The average molecular weight is 429 g/mol. The zero-order valence-corrected chi connectivity index (χ0v) is 16.9. The third-order valence-electron chi connectivity index (χ3n) is 4.98. The lowest BCUT2D eigenvalue weighted by molar-refractivity contribution is -0.124. The summed E-state index contributed by atoms with van der Waals surface area (Å²) in [4.78, 5) is 41.5. The molecule has 1 amide bonds. The van der Waals surface area contributed by atoms with E-state index < -0.39 is 5.92 Å². The van der Waals surface area contributed by atoms with Crippen LogP contribution in [-0.2, 0) is 9.59 Å². The van der Waals surface area contributed by atoms with Crippen molar-refractivity contribution in [1.82, 2.24) is 10.3 Å². The zero-order chi connectivity index (χ0) is 19.6. The molecule has 1 heterocycles. The van der Waals surface area contributed by atoms with Gasteiger partial charge in [-0.3, -0.25) is 19.4 Å². The van der Waals surface area contributed by atoms with Gasteiger partial charge in [0.1, 0.15) is 17.4 Å². The number of nitrogens with zero attached hydrogens (tertiary/aromatic N) is 1. The Kier molecular flexibility index (Phi) is 5.85. The molecule has 2 unspecified atom stereocenters. The van der Waals surface area contributed by atoms with Crippen LogP contribution in [0.2, 0.25) is 0 Å². The molecule has 1 aliphatic rings. The Hall–Kier alpha value is -2.34. The Morgan fingerprint density at radius 3 is 2.56 bits per heavy atom. The molecule has 0 radical (unpaired) electrons. The molecule has 1 aromatic heterocycles. The highest BCUT2D eigenvalue weighted by atomic mass is 79.9. The van der Waals surface area contributed by atoms with E-state index in [1.807, 2.05) is 26.0 Å². The number of Topliss-reactive ketones (excluding diaryl/α,β-unsaturated/α-hetero) is 2. The molecule has 140 valence electrons. The number of nitrogens with one attached hydrogen (secondary N) is 1. The second-order valence-corrected chi connectivity index (χ2v) is 7.83. The number of aromatic nitrogens is 1. The van der Waals surface area contributed by atoms with E-state index in [2.05, 4.69) is 26.2 Å². The minimum absolute atomic E-state index is 0.0328. The first kappa shape index (κ1) is 19.4. The van der Waals surface area contributed by atoms with Crippen molar-refractivity contribution >= 4 is 33.4 Å². The van der Waals surface area contributed by atoms with Crippen LogP contribution < -0.4 is 5.32 Å². The number of hydrogen-bond acceptors (Lipinski definition) is 4. The predicted molar refractivity (Wildman–Crippen MR) is 106 cm³/mol. The number of amides is 1. The molecular weight excluding hydrogens is 408 g/mol. The molecule has 0 spiro atoms. The number of carbonyl (C=O) groups is 3. The Balaban J connectivity index is 1.66. The number of benzene rings is 1. The number of hydrogen-bond donors (Lipinski definition) is 1. The van der Waals surface area contributed by atoms with E-state index in [4.69, 9.17) is 0 Å². The van der Waals surface area contributed by atoms with Crippen molar-refractivity contribution in [3.63, 3.8) is 0 Å². The third kappa shape index (κ3) is 4.16. The molecule has 0 bridgehead atoms. The van der Waals surface area contributed by atoms with E-state index in [1.54, 1.807) is 24.4 Å². The van der Waals surface area contributed by atoms with Gasteiger partial charge in [-0.1, -0.05) is 22.0 Å². The molecule has 3 rings (SSSR count). The Labute approximate surface area is 166 Å². The standard InChI is InChI=1S/C21H21BrN2O3/c1-12-9-15(22)10-13(2)18(12)19-17(25)11-14(20(19)26)6-8-24-21(27)16-5-3-4-7-23-16/h3-5,7,9-10,14,19H,6,8,11H2,1-2H3,(H,24,27). The van der Waals surface area contributed by atoms with Gasteiger partial charge in [-0.05, 0) is 61.2 Å². The first-order chi connectivity index (χ1) is 12.9. The summed E-state index contributed by atoms with van der Waals surface area (Å²) in [5, 5.41) is 2.77. The normalized spacial score (nSPS) is 19.4. The van der Waals surface area contributed by atoms with Gasteiger partial charge in [0.2, 0.25) is 0 Å². The van der Waals surface area contributed by atoms with Crippen molar-refractivity contribution in [2.75, 3.05) is 6.54 Å². The number of ketones is 2. The second-order valence-electron chi connectivity index (χ2n) is 6.92. The lowest BCUT2D eigenvalue weighted by atomic mass is 9.87. The van der Waals surface area contributed by atoms with Crippen LogP contribution in [0.4, 0.5) is 0 Å². The lowest BCUT2D eigenvalue weighted by Crippen LogP contribution is -2.27. The SMILES string of the molecule is Cc1cc(Br)cc(C)c1C1C(=O)CC(CCNC(=O)c2ccccn2)C1=O. The minimum Gasteiger partial charge on any atom is -0.351 e. The molecule has 27 heavy (non-hydrogen) atoms. The first-order valence-corrected chi connectivity index (χ1v) is 9.70. The van der Waals surface area contributed by atoms with Crippen LogP contribution in [0.15, 0.2) is 41.0 Å². The fraction of sp³-hybridized carbons (Fsp3) is 0.333. The summed E-state index contributed by atoms with van der Waals surface area (Å²) in [5.41, 5.74) is 3.05. The topological polar surface area (TPSA) is 76.1 Å². The fourth-order valence-corrected chi connectivity index (χ4v) is 4.41. The zero-order valence-electron chi connectivity index (χ0n) is 15.3. The monoisotopic (exact) mass is 428 g/mol. The number of carbonyl (C=O) groups excluding carboxylic acids is 3. The average Bonchev–Trinajstić information content (AvgIpc) is 2.89. The van der Waals surface area contributed by atoms with Crippen LogP contribution in [0, 0.1) is 19.8 Å². The molecule has 0 aliphatic heterocycles. The minimum atomic E-state index is -0.686. The van der Waals surface area contributed by atoms with Gasteiger partial charge in [0.15, 0.2) is 5.78 Å². The molecule has 2 atom stereocenters. The highest BCUT2D eigenvalue weighted by Gasteiger charge is 2.42. The first-order valence-electron chi connectivity index (χ1n) is 8.90. The van der Waals surface area contributed by atoms with Crippen LogP contribution in [0.25, 0.3) is 0 Å². The van der Waals surface area contributed by atoms with Gasteiger partial charge < -0.3 is 5.32 Å². The van der Waals surface area contributed by atoms with Gasteiger partial charge in [-0.2, -0.15) is 0 Å². The van der Waals surface area contributed by atoms with E-state index in [0.717, 1.165) is 21.2 Å². The maximum Gasteiger partial charge on any atom is 0.269 e. The van der Waals surface area contributed by atoms with E-state index in [9.17, 15) is 14.4 Å². The van der Waals surface area contributed by atoms with Gasteiger partial charge in [-0.15, -0.1) is 0 Å². The van der Waals surface area contributed by atoms with Crippen molar-refractivity contribution < 1.29 is 14.4 Å². The summed E-state index contributed by atoms with van der Waals surface area (Å²) in [7, 11) is 0. The van der Waals surface area contributed by atoms with Gasteiger partial charge in [-0.25, -0.2) is 0 Å². The molecule has 1 saturated carbocycles. The summed E-state index contributed by atoms with van der Waals surface area (Å²) >= 11 is 3.45. The second kappa shape index (κ2) is 8.13. The Bertz CT molecular complexity index is 873. The number of pyridine rings is 1. The van der Waals surface area contributed by atoms with Crippen LogP contribution in [-0.4, -0.2) is 29.0 Å². The number of rotatable bonds is 5. The van der Waals surface area contributed by atoms with Crippen LogP contribution in [0.1, 0.15) is 45.9 Å². The van der Waals surface area contributed by atoms with Crippen molar-refractivity contribution in [2.24, 2.45) is 5.92 Å². The molecule has 0 saturated heterocycles. The molecular formula is C21H21BrN2O3. The van der Waals surface area contributed by atoms with Crippen molar-refractivity contribution in [1.29, 1.82) is 0 Å². The summed E-state index contributed by atoms with van der Waals surface area (Å²) in [5.74, 6) is -1.39. The van der Waals surface area contributed by atoms with Crippen molar-refractivity contribution in [3.05, 3.63) is 63.4 Å². The van der Waals surface area contributed by atoms with E-state index in [0.29, 0.717) is 18.7 Å². The van der Waals surface area contributed by atoms with Gasteiger partial charge in [0.25, 0.3) is 5.91 Å². The summed E-state index contributed by atoms with van der Waals surface area (Å²) in [6.07, 6.45) is 2.24. The summed E-state index contributed by atoms with van der Waals surface area (Å²) in [6.45, 7) is 4.19. The molecule has 6 heteroatoms. The highest BCUT2D eigenvalue weighted by Crippen LogP contribution is 2.37. The Morgan fingerprint density at radius 2 is 1.93 bits per heavy atom. The van der Waals surface area contributed by atoms with Crippen molar-refractivity contribution in [2.45, 2.75) is 32.6 Å². The lowest BCUT2D eigenvalue weighted by Gasteiger charge is -2.16. The van der Waals surface area contributed by atoms with E-state index >= 15 is 0 Å². The maximum atomic E-state index is 12.9. The van der Waals surface area contributed by atoms with E-state index in [-0.39, 0.29) is 29.8 Å². The van der Waals surface area contributed by atoms with Crippen LogP contribution in [0.5, 0.6) is 0 Å². The quantitative estimate of drug-likeness (QED) is 0.738. The number of halogens is 1. The molecule has 1 N–H and O–H groups in total. The van der Waals surface area contributed by atoms with Gasteiger partial charge in [0.05, 0.1) is 0 Å². The maximum absolute atomic E-state index is 12.9. The van der Waals surface area contributed by atoms with Crippen molar-refractivity contribution in [3.8, 4) is 0 Å². The molecule has 1 aliphatic carbocycles.